The quantitative estimate of drug-likeness (QED) is 0.889. The fraction of sp³-hybridized carbons (Fsp3) is 0.176. The van der Waals surface area contributed by atoms with Gasteiger partial charge in [-0.05, 0) is 55.0 Å². The van der Waals surface area contributed by atoms with Gasteiger partial charge in [-0.15, -0.1) is 0 Å². The van der Waals surface area contributed by atoms with Crippen LogP contribution in [0, 0.1) is 6.92 Å². The summed E-state index contributed by atoms with van der Waals surface area (Å²) in [5, 5.41) is 3.35. The van der Waals surface area contributed by atoms with E-state index >= 15 is 0 Å². The summed E-state index contributed by atoms with van der Waals surface area (Å²) in [5.41, 5.74) is 2.05. The van der Waals surface area contributed by atoms with Crippen molar-refractivity contribution in [1.29, 1.82) is 0 Å². The van der Waals surface area contributed by atoms with E-state index in [1.807, 2.05) is 6.92 Å². The summed E-state index contributed by atoms with van der Waals surface area (Å²) in [6.45, 7) is 1.83. The maximum Gasteiger partial charge on any atom is 0.255 e. The molecule has 1 fully saturated rings. The summed E-state index contributed by atoms with van der Waals surface area (Å²) in [5.74, 6) is -0.995. The van der Waals surface area contributed by atoms with Crippen LogP contribution in [0.1, 0.15) is 22.3 Å². The Labute approximate surface area is 150 Å². The van der Waals surface area contributed by atoms with E-state index in [1.54, 1.807) is 18.2 Å². The number of carbonyl (C=O) groups excluding carboxylic acids is 2. The van der Waals surface area contributed by atoms with Crippen molar-refractivity contribution in [3.05, 3.63) is 58.6 Å². The van der Waals surface area contributed by atoms with Crippen LogP contribution in [0.15, 0.2) is 42.5 Å². The lowest BCUT2D eigenvalue weighted by atomic mass is 10.1. The minimum atomic E-state index is -3.61. The van der Waals surface area contributed by atoms with E-state index in [2.05, 4.69) is 5.32 Å². The minimum absolute atomic E-state index is 0.0274. The van der Waals surface area contributed by atoms with E-state index in [9.17, 15) is 18.0 Å². The number of aryl methyl sites for hydroxylation is 1. The molecule has 0 radical (unpaired) electrons. The van der Waals surface area contributed by atoms with Crippen molar-refractivity contribution >= 4 is 44.8 Å². The number of halogens is 1. The van der Waals surface area contributed by atoms with Crippen molar-refractivity contribution in [1.82, 2.24) is 0 Å². The summed E-state index contributed by atoms with van der Waals surface area (Å²) in [4.78, 5) is 24.1. The van der Waals surface area contributed by atoms with E-state index in [0.29, 0.717) is 16.3 Å². The predicted molar refractivity (Wildman–Crippen MR) is 96.5 cm³/mol. The lowest BCUT2D eigenvalue weighted by Crippen LogP contribution is -2.29. The van der Waals surface area contributed by atoms with E-state index in [1.165, 1.54) is 24.3 Å². The summed E-state index contributed by atoms with van der Waals surface area (Å²) >= 11 is 5.89. The molecule has 1 saturated heterocycles. The van der Waals surface area contributed by atoms with E-state index in [4.69, 9.17) is 11.6 Å². The number of sulfonamides is 1. The monoisotopic (exact) mass is 378 g/mol. The van der Waals surface area contributed by atoms with Gasteiger partial charge in [0.25, 0.3) is 5.91 Å². The molecule has 2 amide bonds. The van der Waals surface area contributed by atoms with Gasteiger partial charge in [0.2, 0.25) is 15.9 Å². The van der Waals surface area contributed by atoms with E-state index in [-0.39, 0.29) is 23.8 Å². The Kier molecular flexibility index (Phi) is 4.53. The highest BCUT2D eigenvalue weighted by Gasteiger charge is 2.36. The van der Waals surface area contributed by atoms with Crippen molar-refractivity contribution in [2.45, 2.75) is 13.3 Å². The first-order chi connectivity index (χ1) is 11.8. The second-order valence-electron chi connectivity index (χ2n) is 5.68. The SMILES string of the molecule is Cc1cc(Cl)ccc1NC(=O)c1ccc(N2C(=O)CCS2(=O)=O)cc1. The Morgan fingerprint density at radius 2 is 1.84 bits per heavy atom. The van der Waals surface area contributed by atoms with Gasteiger partial charge in [-0.25, -0.2) is 12.7 Å². The number of hydrogen-bond donors (Lipinski definition) is 1. The fourth-order valence-electron chi connectivity index (χ4n) is 2.58. The highest BCUT2D eigenvalue weighted by atomic mass is 35.5. The smallest absolute Gasteiger partial charge is 0.255 e. The minimum Gasteiger partial charge on any atom is -0.322 e. The summed E-state index contributed by atoms with van der Waals surface area (Å²) in [6.07, 6.45) is -0.0274. The molecule has 1 aliphatic heterocycles. The van der Waals surface area contributed by atoms with Crippen molar-refractivity contribution in [3.63, 3.8) is 0 Å². The molecule has 1 aliphatic rings. The van der Waals surface area contributed by atoms with Crippen LogP contribution in [0.4, 0.5) is 11.4 Å². The molecule has 0 spiro atoms. The van der Waals surface area contributed by atoms with Gasteiger partial charge in [-0.2, -0.15) is 0 Å². The van der Waals surface area contributed by atoms with Gasteiger partial charge in [0.15, 0.2) is 0 Å². The number of benzene rings is 2. The van der Waals surface area contributed by atoms with Gasteiger partial charge in [-0.1, -0.05) is 11.6 Å². The van der Waals surface area contributed by atoms with Crippen LogP contribution in [0.25, 0.3) is 0 Å². The topological polar surface area (TPSA) is 83.6 Å². The zero-order valence-corrected chi connectivity index (χ0v) is 14.9. The molecule has 25 heavy (non-hydrogen) atoms. The van der Waals surface area contributed by atoms with Crippen LogP contribution in [0.5, 0.6) is 0 Å². The van der Waals surface area contributed by atoms with Gasteiger partial charge in [0, 0.05) is 22.7 Å². The lowest BCUT2D eigenvalue weighted by Gasteiger charge is -2.15. The number of nitrogens with zero attached hydrogens (tertiary/aromatic N) is 1. The third kappa shape index (κ3) is 3.52. The highest BCUT2D eigenvalue weighted by molar-refractivity contribution is 7.94. The Balaban J connectivity index is 1.80. The molecule has 2 aromatic rings. The van der Waals surface area contributed by atoms with Gasteiger partial charge < -0.3 is 5.32 Å². The third-order valence-corrected chi connectivity index (χ3v) is 5.81. The standard InChI is InChI=1S/C17H15ClN2O4S/c1-11-10-13(18)4-7-15(11)19-17(22)12-2-5-14(6-3-12)20-16(21)8-9-25(20,23)24/h2-7,10H,8-9H2,1H3,(H,19,22). The first-order valence-electron chi connectivity index (χ1n) is 7.51. The Hall–Kier alpha value is -2.38. The van der Waals surface area contributed by atoms with Crippen LogP contribution in [-0.2, 0) is 14.8 Å². The molecule has 1 N–H and O–H groups in total. The fourth-order valence-corrected chi connectivity index (χ4v) is 4.27. The number of nitrogens with one attached hydrogen (secondary N) is 1. The lowest BCUT2D eigenvalue weighted by molar-refractivity contribution is -0.116. The molecule has 0 aromatic heterocycles. The summed E-state index contributed by atoms with van der Waals surface area (Å²) in [6, 6.07) is 11.0. The molecular weight excluding hydrogens is 364 g/mol. The Morgan fingerprint density at radius 1 is 1.16 bits per heavy atom. The van der Waals surface area contributed by atoms with Gasteiger partial charge >= 0.3 is 0 Å². The number of carbonyl (C=O) groups is 2. The molecule has 0 bridgehead atoms. The number of hydrogen-bond acceptors (Lipinski definition) is 4. The first kappa shape index (κ1) is 17.4. The molecule has 0 saturated carbocycles. The molecular formula is C17H15ClN2O4S. The molecule has 0 unspecified atom stereocenters. The van der Waals surface area contributed by atoms with Crippen molar-refractivity contribution in [3.8, 4) is 0 Å². The van der Waals surface area contributed by atoms with Crippen LogP contribution < -0.4 is 9.62 Å². The van der Waals surface area contributed by atoms with E-state index < -0.39 is 15.9 Å². The zero-order valence-electron chi connectivity index (χ0n) is 13.3. The van der Waals surface area contributed by atoms with Crippen molar-refractivity contribution in [2.75, 3.05) is 15.4 Å². The molecule has 1 heterocycles. The second kappa shape index (κ2) is 6.50. The number of rotatable bonds is 3. The number of anilines is 2. The van der Waals surface area contributed by atoms with Gasteiger partial charge in [0.1, 0.15) is 0 Å². The normalized spacial score (nSPS) is 16.1. The average Bonchev–Trinajstić information content (AvgIpc) is 2.83. The largest absolute Gasteiger partial charge is 0.322 e. The summed E-state index contributed by atoms with van der Waals surface area (Å²) < 4.78 is 24.6. The van der Waals surface area contributed by atoms with E-state index in [0.717, 1.165) is 9.87 Å². The molecule has 130 valence electrons. The van der Waals surface area contributed by atoms with Crippen LogP contribution in [0.3, 0.4) is 0 Å². The maximum absolute atomic E-state index is 12.3. The number of amides is 2. The van der Waals surface area contributed by atoms with Crippen LogP contribution in [0.2, 0.25) is 5.02 Å². The Bertz CT molecular complexity index is 955. The summed E-state index contributed by atoms with van der Waals surface area (Å²) in [7, 11) is -3.61. The molecule has 8 heteroatoms. The molecule has 0 atom stereocenters. The molecule has 2 aromatic carbocycles. The molecule has 3 rings (SSSR count). The third-order valence-electron chi connectivity index (χ3n) is 3.88. The zero-order chi connectivity index (χ0) is 18.2. The van der Waals surface area contributed by atoms with Crippen LogP contribution in [-0.4, -0.2) is 26.0 Å². The predicted octanol–water partition coefficient (Wildman–Crippen LogP) is 2.97. The first-order valence-corrected chi connectivity index (χ1v) is 9.50. The highest BCUT2D eigenvalue weighted by Crippen LogP contribution is 2.26. The van der Waals surface area contributed by atoms with Crippen molar-refractivity contribution in [2.24, 2.45) is 0 Å². The maximum atomic E-state index is 12.3. The molecule has 6 nitrogen and oxygen atoms in total. The molecule has 0 aliphatic carbocycles. The van der Waals surface area contributed by atoms with Crippen LogP contribution >= 0.6 is 11.6 Å². The van der Waals surface area contributed by atoms with Gasteiger partial charge in [0.05, 0.1) is 11.4 Å². The average molecular weight is 379 g/mol. The second-order valence-corrected chi connectivity index (χ2v) is 8.06. The Morgan fingerprint density at radius 3 is 2.40 bits per heavy atom. The van der Waals surface area contributed by atoms with Gasteiger partial charge in [-0.3, -0.25) is 9.59 Å². The van der Waals surface area contributed by atoms with Crippen molar-refractivity contribution < 1.29 is 18.0 Å².